The first kappa shape index (κ1) is 49.8. The summed E-state index contributed by atoms with van der Waals surface area (Å²) in [5, 5.41) is 118. The summed E-state index contributed by atoms with van der Waals surface area (Å²) in [5.74, 6) is 1.27. The first-order chi connectivity index (χ1) is 30.7. The third-order valence-corrected chi connectivity index (χ3v) is 16.5. The van der Waals surface area contributed by atoms with Gasteiger partial charge < -0.3 is 94.1 Å². The Morgan fingerprint density at radius 1 is 0.585 bits per heavy atom. The summed E-state index contributed by atoms with van der Waals surface area (Å²) in [7, 11) is 0. The minimum atomic E-state index is -1.96. The van der Waals surface area contributed by atoms with Crippen LogP contribution in [0.5, 0.6) is 0 Å². The van der Waals surface area contributed by atoms with E-state index in [0.29, 0.717) is 30.6 Å². The molecule has 20 heteroatoms. The molecule has 0 amide bonds. The van der Waals surface area contributed by atoms with Crippen molar-refractivity contribution >= 4 is 5.78 Å². The third-order valence-electron chi connectivity index (χ3n) is 16.5. The van der Waals surface area contributed by atoms with Gasteiger partial charge in [-0.3, -0.25) is 4.79 Å². The van der Waals surface area contributed by atoms with Gasteiger partial charge in [0.2, 0.25) is 0 Å². The molecule has 8 rings (SSSR count). The molecule has 20 nitrogen and oxygen atoms in total. The summed E-state index contributed by atoms with van der Waals surface area (Å²) in [6.45, 7) is 7.47. The van der Waals surface area contributed by atoms with Crippen LogP contribution >= 0.6 is 0 Å². The topological polar surface area (TPSA) is 313 Å². The maximum Gasteiger partial charge on any atom is 0.187 e. The summed E-state index contributed by atoms with van der Waals surface area (Å²) < 4.78 is 49.7. The second-order valence-corrected chi connectivity index (χ2v) is 20.2. The van der Waals surface area contributed by atoms with Gasteiger partial charge in [-0.15, -0.1) is 0 Å². The van der Waals surface area contributed by atoms with Crippen LogP contribution in [0.4, 0.5) is 0 Å². The van der Waals surface area contributed by atoms with Crippen LogP contribution in [0.15, 0.2) is 23.3 Å². The highest BCUT2D eigenvalue weighted by molar-refractivity contribution is 5.95. The number of hydrogen-bond acceptors (Lipinski definition) is 20. The van der Waals surface area contributed by atoms with Crippen molar-refractivity contribution in [2.24, 2.45) is 28.6 Å². The molecule has 0 aromatic heterocycles. The van der Waals surface area contributed by atoms with Crippen LogP contribution in [0.3, 0.4) is 0 Å². The summed E-state index contributed by atoms with van der Waals surface area (Å²) in [6, 6.07) is 0. The van der Waals surface area contributed by atoms with Crippen LogP contribution in [-0.4, -0.2) is 204 Å². The van der Waals surface area contributed by atoms with Crippen LogP contribution in [0.2, 0.25) is 0 Å². The Hall–Kier alpha value is -1.61. The first-order valence-corrected chi connectivity index (χ1v) is 23.2. The number of ketones is 1. The van der Waals surface area contributed by atoms with Crippen molar-refractivity contribution in [2.75, 3.05) is 13.2 Å². The fraction of sp³-hybridized carbons (Fsp3) is 0.889. The van der Waals surface area contributed by atoms with E-state index >= 15 is 0 Å². The number of hydrogen-bond donors (Lipinski definition) is 11. The highest BCUT2D eigenvalue weighted by Gasteiger charge is 2.60. The zero-order valence-electron chi connectivity index (χ0n) is 37.5. The number of Topliss-reactive ketones (excluding diaryl/α,β-unsaturated/α-hetero) is 1. The number of rotatable bonds is 11. The third kappa shape index (κ3) is 8.84. The standard InChI is InChI=1S/C45H70O20/c1-17(48)23-8-9-24-22-7-6-20-14-21(10-12-44(20,4)25(22)11-13-45(23,24)5)60-43-39(65-41-35(56)32(53)29(50)19(3)59-41)38(64-42-36(57)33(54)30(51)26(15-46)61-42)37(27(16-47)62-43)63-40-34(55)31(52)28(49)18(2)58-40/h6,8,18-19,21-22,24-43,46-47,49-57H,7,9-16H2,1-5H3/t18?,19?,21?,22-,24-,25-,26+,27+,28-,29+,30-,31+,32-,33-,34+,35-,36+,37-,38-,39+,40?,41?,42?,43?,44-,45+/m0/s1. The Morgan fingerprint density at radius 2 is 1.11 bits per heavy atom. The Labute approximate surface area is 377 Å². The molecule has 4 aliphatic carbocycles. The molecular formula is C45H70O20. The van der Waals surface area contributed by atoms with Gasteiger partial charge in [-0.05, 0) is 99.9 Å². The van der Waals surface area contributed by atoms with E-state index in [1.54, 1.807) is 6.92 Å². The predicted molar refractivity (Wildman–Crippen MR) is 220 cm³/mol. The molecule has 8 aliphatic rings. The van der Waals surface area contributed by atoms with Crippen LogP contribution in [0, 0.1) is 28.6 Å². The Bertz CT molecular complexity index is 1750. The lowest BCUT2D eigenvalue weighted by Gasteiger charge is -2.58. The van der Waals surface area contributed by atoms with Crippen LogP contribution in [-0.2, 0) is 42.7 Å². The van der Waals surface area contributed by atoms with Gasteiger partial charge in [0.25, 0.3) is 0 Å². The van der Waals surface area contributed by atoms with E-state index in [0.717, 1.165) is 37.7 Å². The van der Waals surface area contributed by atoms with Gasteiger partial charge in [-0.25, -0.2) is 0 Å². The summed E-state index contributed by atoms with van der Waals surface area (Å²) in [6.07, 6.45) is -23.3. The molecule has 7 unspecified atom stereocenters. The normalized spacial score (nSPS) is 53.6. The molecule has 4 saturated heterocycles. The second kappa shape index (κ2) is 19.3. The fourth-order valence-corrected chi connectivity index (χ4v) is 12.5. The maximum absolute atomic E-state index is 12.7. The Balaban J connectivity index is 1.12. The van der Waals surface area contributed by atoms with Gasteiger partial charge in [-0.2, -0.15) is 0 Å². The van der Waals surface area contributed by atoms with Crippen LogP contribution in [0.1, 0.15) is 79.6 Å². The average Bonchev–Trinajstić information content (AvgIpc) is 3.65. The quantitative estimate of drug-likeness (QED) is 0.0979. The van der Waals surface area contributed by atoms with Crippen molar-refractivity contribution in [1.29, 1.82) is 0 Å². The van der Waals surface area contributed by atoms with Crippen molar-refractivity contribution < 1.29 is 98.9 Å². The highest BCUT2D eigenvalue weighted by Crippen LogP contribution is 2.65. The molecule has 0 aromatic rings. The predicted octanol–water partition coefficient (Wildman–Crippen LogP) is -2.21. The van der Waals surface area contributed by atoms with E-state index in [-0.39, 0.29) is 16.6 Å². The van der Waals surface area contributed by atoms with E-state index in [2.05, 4.69) is 26.0 Å². The van der Waals surface area contributed by atoms with E-state index < -0.39 is 142 Å². The SMILES string of the molecule is CC(=O)C1=CC[C@H]2[C@@H]3CC=C4CC(OC5O[C@H](CO)[C@H](OC6OC(C)[C@H](O)[C@@H](O)[C@H]6O)[C@H](OC6O[C@H](CO)[C@H](O)[C@H](O)[C@H]6O)[C@H]5OC5OC(C)[C@@H](O)[C@H](O)[C@@H]5O)CC[C@]4(C)[C@H]3CC[C@]12C. The maximum atomic E-state index is 12.7. The van der Waals surface area contributed by atoms with Crippen LogP contribution in [0.25, 0.3) is 0 Å². The lowest BCUT2D eigenvalue weighted by Crippen LogP contribution is -2.69. The van der Waals surface area contributed by atoms with Gasteiger partial charge in [0, 0.05) is 0 Å². The lowest BCUT2D eigenvalue weighted by molar-refractivity contribution is -0.410. The highest BCUT2D eigenvalue weighted by atomic mass is 16.8. The Morgan fingerprint density at radius 3 is 1.69 bits per heavy atom. The second-order valence-electron chi connectivity index (χ2n) is 20.2. The minimum absolute atomic E-state index is 0.139. The molecule has 4 heterocycles. The van der Waals surface area contributed by atoms with Crippen molar-refractivity contribution in [1.82, 2.24) is 0 Å². The van der Waals surface area contributed by atoms with Gasteiger partial charge in [0.1, 0.15) is 85.5 Å². The molecule has 4 aliphatic heterocycles. The monoisotopic (exact) mass is 930 g/mol. The molecule has 370 valence electrons. The molecule has 0 spiro atoms. The van der Waals surface area contributed by atoms with E-state index in [1.165, 1.54) is 19.4 Å². The zero-order chi connectivity index (χ0) is 47.0. The molecule has 65 heavy (non-hydrogen) atoms. The number of ether oxygens (including phenoxy) is 8. The zero-order valence-corrected chi connectivity index (χ0v) is 37.5. The summed E-state index contributed by atoms with van der Waals surface area (Å²) >= 11 is 0. The minimum Gasteiger partial charge on any atom is -0.394 e. The largest absolute Gasteiger partial charge is 0.394 e. The molecule has 2 saturated carbocycles. The van der Waals surface area contributed by atoms with E-state index in [1.807, 2.05) is 0 Å². The van der Waals surface area contributed by atoms with Crippen molar-refractivity contribution in [3.05, 3.63) is 23.3 Å². The summed E-state index contributed by atoms with van der Waals surface area (Å²) in [5.41, 5.74) is 1.86. The van der Waals surface area contributed by atoms with Crippen LogP contribution < -0.4 is 0 Å². The number of aliphatic hydroxyl groups is 11. The smallest absolute Gasteiger partial charge is 0.187 e. The van der Waals surface area contributed by atoms with Crippen molar-refractivity contribution in [3.63, 3.8) is 0 Å². The number of aliphatic hydroxyl groups excluding tert-OH is 11. The lowest BCUT2D eigenvalue weighted by atomic mass is 9.47. The van der Waals surface area contributed by atoms with Gasteiger partial charge in [-0.1, -0.05) is 31.6 Å². The number of carbonyl (C=O) groups excluding carboxylic acids is 1. The number of allylic oxidation sites excluding steroid dienone is 3. The average molecular weight is 931 g/mol. The number of fused-ring (bicyclic) bond motifs is 5. The Kier molecular flexibility index (Phi) is 14.8. The molecule has 0 aromatic carbocycles. The summed E-state index contributed by atoms with van der Waals surface area (Å²) in [4.78, 5) is 12.7. The van der Waals surface area contributed by atoms with Gasteiger partial charge in [0.05, 0.1) is 31.5 Å². The molecular weight excluding hydrogens is 860 g/mol. The molecule has 0 radical (unpaired) electrons. The van der Waals surface area contributed by atoms with E-state index in [4.69, 9.17) is 37.9 Å². The van der Waals surface area contributed by atoms with E-state index in [9.17, 15) is 61.0 Å². The molecule has 11 N–H and O–H groups in total. The molecule has 26 atom stereocenters. The first-order valence-electron chi connectivity index (χ1n) is 23.2. The van der Waals surface area contributed by atoms with Gasteiger partial charge in [0.15, 0.2) is 30.9 Å². The number of carbonyl (C=O) groups is 1. The van der Waals surface area contributed by atoms with Crippen molar-refractivity contribution in [2.45, 2.75) is 208 Å². The molecule has 0 bridgehead atoms. The molecule has 6 fully saturated rings. The fourth-order valence-electron chi connectivity index (χ4n) is 12.5. The van der Waals surface area contributed by atoms with Gasteiger partial charge >= 0.3 is 0 Å². The van der Waals surface area contributed by atoms with Crippen molar-refractivity contribution in [3.8, 4) is 0 Å².